The Labute approximate surface area is 118 Å². The van der Waals surface area contributed by atoms with Crippen molar-refractivity contribution in [3.63, 3.8) is 0 Å². The number of nitrogens with zero attached hydrogens (tertiary/aromatic N) is 1. The molecular weight excluding hydrogens is 285 g/mol. The molecule has 0 radical (unpaired) electrons. The summed E-state index contributed by atoms with van der Waals surface area (Å²) in [5, 5.41) is 13.3. The van der Waals surface area contributed by atoms with Gasteiger partial charge in [-0.25, -0.2) is 13.2 Å². The lowest BCUT2D eigenvalue weighted by Crippen LogP contribution is -2.06. The van der Waals surface area contributed by atoms with Crippen molar-refractivity contribution in [2.24, 2.45) is 0 Å². The van der Waals surface area contributed by atoms with Crippen LogP contribution in [-0.2, 0) is 6.54 Å². The first-order valence-corrected chi connectivity index (χ1v) is 6.01. The van der Waals surface area contributed by atoms with E-state index in [0.717, 1.165) is 6.07 Å². The summed E-state index contributed by atoms with van der Waals surface area (Å²) in [6.45, 7) is 1.56. The van der Waals surface area contributed by atoms with Gasteiger partial charge >= 0.3 is 0 Å². The Bertz CT molecular complexity index is 705. The molecule has 0 aromatic heterocycles. The second kappa shape index (κ2) is 5.82. The lowest BCUT2D eigenvalue weighted by Gasteiger charge is -2.09. The van der Waals surface area contributed by atoms with E-state index < -0.39 is 27.9 Å². The number of aryl methyl sites for hydroxylation is 1. The zero-order valence-corrected chi connectivity index (χ0v) is 11.0. The van der Waals surface area contributed by atoms with Crippen molar-refractivity contribution in [1.82, 2.24) is 0 Å². The molecule has 110 valence electrons. The molecule has 2 rings (SSSR count). The Hall–Kier alpha value is -2.57. The van der Waals surface area contributed by atoms with Crippen molar-refractivity contribution in [1.29, 1.82) is 0 Å². The van der Waals surface area contributed by atoms with Crippen LogP contribution in [0.2, 0.25) is 0 Å². The summed E-state index contributed by atoms with van der Waals surface area (Å²) in [4.78, 5) is 10.0. The average Bonchev–Trinajstić information content (AvgIpc) is 2.43. The van der Waals surface area contributed by atoms with Crippen molar-refractivity contribution in [2.75, 3.05) is 5.32 Å². The minimum atomic E-state index is -1.32. The van der Waals surface area contributed by atoms with Crippen LogP contribution in [0.4, 0.5) is 24.5 Å². The van der Waals surface area contributed by atoms with Gasteiger partial charge < -0.3 is 5.32 Å². The van der Waals surface area contributed by atoms with Crippen LogP contribution in [0, 0.1) is 34.5 Å². The lowest BCUT2D eigenvalue weighted by atomic mass is 10.1. The highest BCUT2D eigenvalue weighted by Gasteiger charge is 2.21. The molecule has 0 heterocycles. The number of rotatable bonds is 4. The van der Waals surface area contributed by atoms with Gasteiger partial charge in [0.25, 0.3) is 5.69 Å². The number of halogens is 3. The number of nitro benzene ring substituents is 1. The zero-order valence-electron chi connectivity index (χ0n) is 11.0. The quantitative estimate of drug-likeness (QED) is 0.687. The predicted octanol–water partition coefficient (Wildman–Crippen LogP) is 3.93. The molecule has 0 saturated carbocycles. The minimum Gasteiger partial charge on any atom is -0.373 e. The molecule has 0 bridgehead atoms. The predicted molar refractivity (Wildman–Crippen MR) is 71.5 cm³/mol. The average molecular weight is 296 g/mol. The number of hydrogen-bond donors (Lipinski definition) is 1. The molecule has 2 aromatic carbocycles. The Morgan fingerprint density at radius 3 is 2.43 bits per heavy atom. The number of nitro groups is 1. The van der Waals surface area contributed by atoms with Crippen LogP contribution in [0.25, 0.3) is 0 Å². The molecule has 0 unspecified atom stereocenters. The largest absolute Gasteiger partial charge is 0.373 e. The van der Waals surface area contributed by atoms with Gasteiger partial charge in [0.05, 0.1) is 4.92 Å². The first-order chi connectivity index (χ1) is 9.90. The van der Waals surface area contributed by atoms with Crippen LogP contribution < -0.4 is 5.32 Å². The van der Waals surface area contributed by atoms with E-state index >= 15 is 0 Å². The zero-order chi connectivity index (χ0) is 15.6. The third kappa shape index (κ3) is 3.13. The maximum Gasteiger partial charge on any atom is 0.295 e. The normalized spacial score (nSPS) is 10.5. The lowest BCUT2D eigenvalue weighted by molar-refractivity contribution is -0.384. The summed E-state index contributed by atoms with van der Waals surface area (Å²) in [6, 6.07) is 5.80. The molecule has 0 spiro atoms. The van der Waals surface area contributed by atoms with Crippen molar-refractivity contribution in [3.05, 3.63) is 69.0 Å². The highest BCUT2D eigenvalue weighted by Crippen LogP contribution is 2.29. The fourth-order valence-electron chi connectivity index (χ4n) is 1.87. The van der Waals surface area contributed by atoms with Crippen molar-refractivity contribution in [2.45, 2.75) is 13.5 Å². The fraction of sp³-hybridized carbons (Fsp3) is 0.143. The third-order valence-electron chi connectivity index (χ3n) is 2.96. The van der Waals surface area contributed by atoms with E-state index in [1.807, 2.05) is 0 Å². The number of anilines is 1. The van der Waals surface area contributed by atoms with E-state index in [0.29, 0.717) is 17.2 Å². The van der Waals surface area contributed by atoms with Gasteiger partial charge in [0.2, 0.25) is 0 Å². The highest BCUT2D eigenvalue weighted by molar-refractivity contribution is 5.62. The molecule has 0 atom stereocenters. The van der Waals surface area contributed by atoms with Crippen molar-refractivity contribution >= 4 is 11.4 Å². The Morgan fingerprint density at radius 2 is 1.81 bits per heavy atom. The molecule has 4 nitrogen and oxygen atoms in total. The summed E-state index contributed by atoms with van der Waals surface area (Å²) in [5.41, 5.74) is -0.106. The number of nitrogens with one attached hydrogen (secondary N) is 1. The second-order valence-corrected chi connectivity index (χ2v) is 4.45. The smallest absolute Gasteiger partial charge is 0.295 e. The van der Waals surface area contributed by atoms with Crippen LogP contribution in [0.15, 0.2) is 30.3 Å². The first-order valence-electron chi connectivity index (χ1n) is 6.01. The first kappa shape index (κ1) is 14.8. The van der Waals surface area contributed by atoms with Crippen molar-refractivity contribution < 1.29 is 18.1 Å². The summed E-state index contributed by atoms with van der Waals surface area (Å²) in [7, 11) is 0. The monoisotopic (exact) mass is 296 g/mol. The van der Waals surface area contributed by atoms with Gasteiger partial charge in [-0.3, -0.25) is 10.1 Å². The molecule has 2 aromatic rings. The van der Waals surface area contributed by atoms with E-state index in [-0.39, 0.29) is 12.4 Å². The highest BCUT2D eigenvalue weighted by atomic mass is 19.2. The standard InChI is InChI=1S/C14H11F3N2O2/c1-8-6-9(2-3-10(8)15)7-18-14-12(19(20)21)5-4-11(16)13(14)17/h2-6,18H,7H2,1H3. The molecule has 21 heavy (non-hydrogen) atoms. The van der Waals surface area contributed by atoms with Crippen LogP contribution in [0.5, 0.6) is 0 Å². The van der Waals surface area contributed by atoms with Gasteiger partial charge in [-0.2, -0.15) is 0 Å². The molecule has 0 aliphatic rings. The maximum atomic E-state index is 13.7. The summed E-state index contributed by atoms with van der Waals surface area (Å²) in [5.74, 6) is -2.89. The molecule has 0 aliphatic carbocycles. The van der Waals surface area contributed by atoms with Gasteiger partial charge in [0.15, 0.2) is 17.3 Å². The molecule has 7 heteroatoms. The summed E-state index contributed by atoms with van der Waals surface area (Å²) in [6.07, 6.45) is 0. The van der Waals surface area contributed by atoms with Gasteiger partial charge in [0.1, 0.15) is 5.82 Å². The maximum absolute atomic E-state index is 13.7. The Kier molecular flexibility index (Phi) is 4.11. The topological polar surface area (TPSA) is 55.2 Å². The number of benzene rings is 2. The Morgan fingerprint density at radius 1 is 1.14 bits per heavy atom. The summed E-state index contributed by atoms with van der Waals surface area (Å²) >= 11 is 0. The van der Waals surface area contributed by atoms with Gasteiger partial charge in [-0.05, 0) is 30.2 Å². The molecule has 0 saturated heterocycles. The Balaban J connectivity index is 2.28. The van der Waals surface area contributed by atoms with E-state index in [1.165, 1.54) is 18.2 Å². The summed E-state index contributed by atoms with van der Waals surface area (Å²) < 4.78 is 40.0. The van der Waals surface area contributed by atoms with Crippen LogP contribution >= 0.6 is 0 Å². The van der Waals surface area contributed by atoms with E-state index in [1.54, 1.807) is 6.92 Å². The van der Waals surface area contributed by atoms with Crippen LogP contribution in [0.1, 0.15) is 11.1 Å². The van der Waals surface area contributed by atoms with E-state index in [4.69, 9.17) is 0 Å². The number of hydrogen-bond acceptors (Lipinski definition) is 3. The van der Waals surface area contributed by atoms with Gasteiger partial charge in [-0.1, -0.05) is 12.1 Å². The van der Waals surface area contributed by atoms with Gasteiger partial charge in [-0.15, -0.1) is 0 Å². The molecule has 0 aliphatic heterocycles. The fourth-order valence-corrected chi connectivity index (χ4v) is 1.87. The molecular formula is C14H11F3N2O2. The second-order valence-electron chi connectivity index (χ2n) is 4.45. The minimum absolute atomic E-state index is 0.00231. The molecule has 0 amide bonds. The van der Waals surface area contributed by atoms with Gasteiger partial charge in [0, 0.05) is 12.6 Å². The molecule has 1 N–H and O–H groups in total. The van der Waals surface area contributed by atoms with E-state index in [2.05, 4.69) is 5.32 Å². The van der Waals surface area contributed by atoms with Crippen molar-refractivity contribution in [3.8, 4) is 0 Å². The van der Waals surface area contributed by atoms with Crippen LogP contribution in [0.3, 0.4) is 0 Å². The third-order valence-corrected chi connectivity index (χ3v) is 2.96. The van der Waals surface area contributed by atoms with E-state index in [9.17, 15) is 23.3 Å². The SMILES string of the molecule is Cc1cc(CNc2c([N+](=O)[O-])ccc(F)c2F)ccc1F. The molecule has 0 fully saturated rings. The van der Waals surface area contributed by atoms with Crippen LogP contribution in [-0.4, -0.2) is 4.92 Å².